The Morgan fingerprint density at radius 2 is 1.54 bits per heavy atom. The molecule has 2 aromatic carbocycles. The molecule has 3 aromatic rings. The van der Waals surface area contributed by atoms with Crippen LogP contribution in [0.15, 0.2) is 52.3 Å². The summed E-state index contributed by atoms with van der Waals surface area (Å²) in [5.41, 5.74) is 3.19. The van der Waals surface area contributed by atoms with Gasteiger partial charge < -0.3 is 29.6 Å². The third-order valence-corrected chi connectivity index (χ3v) is 6.44. The summed E-state index contributed by atoms with van der Waals surface area (Å²) in [6.07, 6.45) is 0.979. The lowest BCUT2D eigenvalue weighted by atomic mass is 9.78. The molecule has 2 N–H and O–H groups in total. The van der Waals surface area contributed by atoms with Gasteiger partial charge in [-0.25, -0.2) is 4.63 Å². The molecule has 0 saturated carbocycles. The molecule has 1 aliphatic carbocycles. The third-order valence-electron chi connectivity index (χ3n) is 6.44. The number of rotatable bonds is 6. The van der Waals surface area contributed by atoms with Crippen molar-refractivity contribution in [2.45, 2.75) is 24.8 Å². The number of methoxy groups -OCH3 is 4. The lowest BCUT2D eigenvalue weighted by Gasteiger charge is -2.30. The van der Waals surface area contributed by atoms with Crippen LogP contribution in [-0.4, -0.2) is 44.5 Å². The number of ketones is 1. The Labute approximate surface area is 202 Å². The smallest absolute Gasteiger partial charge is 0.219 e. The van der Waals surface area contributed by atoms with Gasteiger partial charge in [-0.2, -0.15) is 0 Å². The number of hydrogen-bond donors (Lipinski definition) is 2. The van der Waals surface area contributed by atoms with E-state index in [1.165, 1.54) is 0 Å². The number of ether oxygens (including phenoxy) is 4. The first kappa shape index (κ1) is 22.6. The minimum atomic E-state index is -0.538. The van der Waals surface area contributed by atoms with Crippen molar-refractivity contribution in [2.75, 3.05) is 39.1 Å². The second-order valence-electron chi connectivity index (χ2n) is 8.32. The van der Waals surface area contributed by atoms with Crippen molar-refractivity contribution in [1.29, 1.82) is 0 Å². The summed E-state index contributed by atoms with van der Waals surface area (Å²) in [6, 6.07) is 10.9. The molecule has 2 atom stereocenters. The number of nitrogens with zero attached hydrogens (tertiary/aromatic N) is 2. The molecule has 10 nitrogen and oxygen atoms in total. The maximum absolute atomic E-state index is 13.7. The highest BCUT2D eigenvalue weighted by Gasteiger charge is 2.38. The normalized spacial score (nSPS) is 19.0. The minimum absolute atomic E-state index is 0.00153. The average Bonchev–Trinajstić information content (AvgIpc) is 3.26. The molecule has 0 unspecified atom stereocenters. The van der Waals surface area contributed by atoms with Crippen LogP contribution in [-0.2, 0) is 4.79 Å². The van der Waals surface area contributed by atoms with Crippen molar-refractivity contribution in [3.63, 3.8) is 0 Å². The van der Waals surface area contributed by atoms with E-state index in [4.69, 9.17) is 23.6 Å². The average molecular weight is 479 g/mol. The highest BCUT2D eigenvalue weighted by molar-refractivity contribution is 6.01. The van der Waals surface area contributed by atoms with Crippen molar-refractivity contribution in [3.05, 3.63) is 58.8 Å². The van der Waals surface area contributed by atoms with E-state index in [1.54, 1.807) is 28.4 Å². The predicted octanol–water partition coefficient (Wildman–Crippen LogP) is 4.08. The van der Waals surface area contributed by atoms with Crippen LogP contribution < -0.4 is 29.6 Å². The van der Waals surface area contributed by atoms with Crippen molar-refractivity contribution in [2.24, 2.45) is 0 Å². The number of benzene rings is 2. The van der Waals surface area contributed by atoms with Crippen LogP contribution in [0.5, 0.6) is 23.0 Å². The maximum Gasteiger partial charge on any atom is 0.219 e. The number of carbonyl (C=O) groups excluding carboxylic acids is 1. The maximum atomic E-state index is 13.7. The van der Waals surface area contributed by atoms with Gasteiger partial charge in [0.15, 0.2) is 17.3 Å². The van der Waals surface area contributed by atoms with E-state index in [2.05, 4.69) is 20.9 Å². The fraction of sp³-hybridized carbons (Fsp3) is 0.320. The predicted molar refractivity (Wildman–Crippen MR) is 127 cm³/mol. The standard InChI is InChI=1S/C25H26N4O6/c1-31-16-7-5-13(6-8-16)14-9-17-21(18(30)10-14)22(27-25-24(26-17)28-35-29-25)15-11-19(32-2)23(34-4)20(12-15)33-3/h5-8,11-12,14,22H,9-10H2,1-4H3,(H,26,28)(H,27,29)/t14-,22-/m0/s1. The highest BCUT2D eigenvalue weighted by Crippen LogP contribution is 2.46. The molecule has 1 aromatic heterocycles. The van der Waals surface area contributed by atoms with Crippen LogP contribution in [0.25, 0.3) is 0 Å². The second kappa shape index (κ2) is 9.21. The molecule has 10 heteroatoms. The van der Waals surface area contributed by atoms with Crippen LogP contribution in [0.4, 0.5) is 11.6 Å². The van der Waals surface area contributed by atoms with E-state index in [9.17, 15) is 4.79 Å². The van der Waals surface area contributed by atoms with E-state index in [-0.39, 0.29) is 11.7 Å². The molecule has 0 fully saturated rings. The Kier molecular flexibility index (Phi) is 5.94. The first-order chi connectivity index (χ1) is 17.1. The fourth-order valence-corrected chi connectivity index (χ4v) is 4.73. The van der Waals surface area contributed by atoms with E-state index in [0.29, 0.717) is 47.3 Å². The fourth-order valence-electron chi connectivity index (χ4n) is 4.73. The summed E-state index contributed by atoms with van der Waals surface area (Å²) in [7, 11) is 6.29. The van der Waals surface area contributed by atoms with Gasteiger partial charge in [0.05, 0.1) is 34.5 Å². The number of carbonyl (C=O) groups is 1. The van der Waals surface area contributed by atoms with Crippen LogP contribution in [0.3, 0.4) is 0 Å². The molecule has 5 rings (SSSR count). The van der Waals surface area contributed by atoms with E-state index < -0.39 is 6.04 Å². The van der Waals surface area contributed by atoms with Crippen molar-refractivity contribution >= 4 is 17.4 Å². The van der Waals surface area contributed by atoms with E-state index in [1.807, 2.05) is 36.4 Å². The Morgan fingerprint density at radius 3 is 2.17 bits per heavy atom. The number of fused-ring (bicyclic) bond motifs is 1. The molecule has 1 aliphatic heterocycles. The van der Waals surface area contributed by atoms with Crippen LogP contribution in [0.2, 0.25) is 0 Å². The molecule has 0 amide bonds. The van der Waals surface area contributed by atoms with E-state index in [0.717, 1.165) is 22.6 Å². The first-order valence-electron chi connectivity index (χ1n) is 11.1. The van der Waals surface area contributed by atoms with Gasteiger partial charge in [-0.3, -0.25) is 4.79 Å². The van der Waals surface area contributed by atoms with Gasteiger partial charge >= 0.3 is 0 Å². The molecule has 182 valence electrons. The quantitative estimate of drug-likeness (QED) is 0.537. The van der Waals surface area contributed by atoms with Crippen LogP contribution in [0, 0.1) is 0 Å². The summed E-state index contributed by atoms with van der Waals surface area (Å²) in [4.78, 5) is 13.7. The van der Waals surface area contributed by atoms with Gasteiger partial charge in [0, 0.05) is 17.7 Å². The zero-order valence-corrected chi connectivity index (χ0v) is 19.9. The van der Waals surface area contributed by atoms with Gasteiger partial charge in [-0.05, 0) is 58.0 Å². The Bertz CT molecular complexity index is 1260. The lowest BCUT2D eigenvalue weighted by Crippen LogP contribution is -2.27. The van der Waals surface area contributed by atoms with Crippen molar-refractivity contribution in [1.82, 2.24) is 10.3 Å². The first-order valence-corrected chi connectivity index (χ1v) is 11.1. The molecule has 0 bridgehead atoms. The molecule has 0 radical (unpaired) electrons. The molecular formula is C25H26N4O6. The summed E-state index contributed by atoms with van der Waals surface area (Å²) in [5.74, 6) is 3.07. The Balaban J connectivity index is 1.60. The van der Waals surface area contributed by atoms with Gasteiger partial charge in [-0.1, -0.05) is 12.1 Å². The Morgan fingerprint density at radius 1 is 0.857 bits per heavy atom. The summed E-state index contributed by atoms with van der Waals surface area (Å²) >= 11 is 0. The van der Waals surface area contributed by atoms with Crippen LogP contribution in [0.1, 0.15) is 35.9 Å². The zero-order valence-electron chi connectivity index (χ0n) is 19.9. The van der Waals surface area contributed by atoms with Crippen LogP contribution >= 0.6 is 0 Å². The number of anilines is 2. The number of aromatic nitrogens is 2. The number of hydrogen-bond acceptors (Lipinski definition) is 10. The van der Waals surface area contributed by atoms with Gasteiger partial charge in [0.25, 0.3) is 0 Å². The van der Waals surface area contributed by atoms with Gasteiger partial charge in [0.1, 0.15) is 5.75 Å². The number of nitrogens with one attached hydrogen (secondary N) is 2. The molecule has 2 heterocycles. The third kappa shape index (κ3) is 4.01. The monoisotopic (exact) mass is 478 g/mol. The summed E-state index contributed by atoms with van der Waals surface area (Å²) in [5, 5.41) is 14.6. The summed E-state index contributed by atoms with van der Waals surface area (Å²) in [6.45, 7) is 0. The van der Waals surface area contributed by atoms with Crippen molar-refractivity contribution < 1.29 is 28.4 Å². The molecule has 0 saturated heterocycles. The molecule has 35 heavy (non-hydrogen) atoms. The van der Waals surface area contributed by atoms with Gasteiger partial charge in [-0.15, -0.1) is 0 Å². The Hall–Kier alpha value is -4.21. The zero-order chi connectivity index (χ0) is 24.5. The largest absolute Gasteiger partial charge is 0.497 e. The van der Waals surface area contributed by atoms with E-state index >= 15 is 0 Å². The SMILES string of the molecule is COc1ccc([C@@H]2CC(=O)C3=C(C2)Nc2nonc2N[C@H]3c2cc(OC)c(OC)c(OC)c2)cc1. The van der Waals surface area contributed by atoms with Gasteiger partial charge in [0.2, 0.25) is 17.4 Å². The summed E-state index contributed by atoms with van der Waals surface area (Å²) < 4.78 is 26.8. The number of allylic oxidation sites excluding steroid dienone is 1. The second-order valence-corrected chi connectivity index (χ2v) is 8.32. The molecular weight excluding hydrogens is 452 g/mol. The topological polar surface area (TPSA) is 117 Å². The minimum Gasteiger partial charge on any atom is -0.497 e. The molecule has 0 spiro atoms. The number of Topliss-reactive ketones (excluding diaryl/α,β-unsaturated/α-hetero) is 1. The molecule has 2 aliphatic rings. The lowest BCUT2D eigenvalue weighted by molar-refractivity contribution is -0.116. The highest BCUT2D eigenvalue weighted by atomic mass is 16.6. The van der Waals surface area contributed by atoms with Crippen molar-refractivity contribution in [3.8, 4) is 23.0 Å².